The second-order valence-corrected chi connectivity index (χ2v) is 15.7. The predicted octanol–water partition coefficient (Wildman–Crippen LogP) is 4.63. The number of aliphatic hydroxyl groups is 1. The van der Waals surface area contributed by atoms with Crippen LogP contribution in [0.1, 0.15) is 44.2 Å². The first-order valence-electron chi connectivity index (χ1n) is 17.6. The van der Waals surface area contributed by atoms with Crippen LogP contribution in [0.4, 0.5) is 9.59 Å². The molecule has 0 aromatic heterocycles. The van der Waals surface area contributed by atoms with E-state index in [2.05, 4.69) is 10.6 Å². The Bertz CT molecular complexity index is 1750. The number of amides is 2. The van der Waals surface area contributed by atoms with Crippen LogP contribution in [0.3, 0.4) is 0 Å². The molecule has 1 fully saturated rings. The predicted molar refractivity (Wildman–Crippen MR) is 194 cm³/mol. The number of aliphatic hydroxyl groups excluding tert-OH is 1. The molecule has 14 nitrogen and oxygen atoms in total. The summed E-state index contributed by atoms with van der Waals surface area (Å²) in [6, 6.07) is 20.5. The van der Waals surface area contributed by atoms with Gasteiger partial charge in [0.1, 0.15) is 18.5 Å². The molecule has 0 spiro atoms. The molecule has 0 saturated carbocycles. The summed E-state index contributed by atoms with van der Waals surface area (Å²) >= 11 is 0. The lowest BCUT2D eigenvalue weighted by Gasteiger charge is -2.35. The first kappa shape index (κ1) is 39.6. The Morgan fingerprint density at radius 1 is 1.00 bits per heavy atom. The Balaban J connectivity index is 1.35. The first-order chi connectivity index (χ1) is 25.4. The molecule has 2 heterocycles. The highest BCUT2D eigenvalue weighted by Crippen LogP contribution is 2.36. The molecule has 2 aliphatic heterocycles. The summed E-state index contributed by atoms with van der Waals surface area (Å²) in [4.78, 5) is 24.6. The number of hydrogen-bond donors (Lipinski definition) is 3. The fourth-order valence-electron chi connectivity index (χ4n) is 6.06. The summed E-state index contributed by atoms with van der Waals surface area (Å²) in [5.74, 6) is 1.37. The lowest BCUT2D eigenvalue weighted by Crippen LogP contribution is -2.52. The van der Waals surface area contributed by atoms with Gasteiger partial charge < -0.3 is 44.2 Å². The quantitative estimate of drug-likeness (QED) is 0.155. The van der Waals surface area contributed by atoms with Crippen LogP contribution in [0.2, 0.25) is 0 Å². The Morgan fingerprint density at radius 2 is 1.75 bits per heavy atom. The summed E-state index contributed by atoms with van der Waals surface area (Å²) in [7, 11) is -2.75. The molecule has 288 valence electrons. The molecule has 2 amide bonds. The third kappa shape index (κ3) is 11.7. The van der Waals surface area contributed by atoms with Gasteiger partial charge in [0.25, 0.3) is 0 Å². The molecule has 3 atom stereocenters. The molecule has 3 aromatic carbocycles. The zero-order chi connectivity index (χ0) is 37.8. The van der Waals surface area contributed by atoms with Gasteiger partial charge in [0, 0.05) is 32.6 Å². The second-order valence-electron chi connectivity index (χ2n) is 13.8. The van der Waals surface area contributed by atoms with E-state index in [1.165, 1.54) is 29.6 Å². The molecule has 3 N–H and O–H groups in total. The van der Waals surface area contributed by atoms with Crippen LogP contribution in [0.5, 0.6) is 17.2 Å². The van der Waals surface area contributed by atoms with Gasteiger partial charge in [-0.25, -0.2) is 18.0 Å². The van der Waals surface area contributed by atoms with E-state index in [1.54, 1.807) is 0 Å². The smallest absolute Gasteiger partial charge is 0.407 e. The summed E-state index contributed by atoms with van der Waals surface area (Å²) in [5, 5.41) is 17.0. The minimum absolute atomic E-state index is 0.00480. The maximum atomic E-state index is 14.3. The average molecular weight is 756 g/mol. The number of alkyl carbamates (subject to hydrolysis) is 2. The van der Waals surface area contributed by atoms with Gasteiger partial charge in [-0.2, -0.15) is 4.31 Å². The number of nitrogens with one attached hydrogen (secondary N) is 2. The van der Waals surface area contributed by atoms with Gasteiger partial charge in [-0.05, 0) is 60.1 Å². The summed E-state index contributed by atoms with van der Waals surface area (Å²) < 4.78 is 62.7. The van der Waals surface area contributed by atoms with Crippen molar-refractivity contribution in [1.82, 2.24) is 14.9 Å². The van der Waals surface area contributed by atoms with Crippen molar-refractivity contribution in [3.05, 3.63) is 83.9 Å². The molecule has 1 saturated heterocycles. The fourth-order valence-corrected chi connectivity index (χ4v) is 7.72. The van der Waals surface area contributed by atoms with Crippen molar-refractivity contribution < 1.29 is 51.5 Å². The van der Waals surface area contributed by atoms with E-state index in [0.29, 0.717) is 49.7 Å². The van der Waals surface area contributed by atoms with E-state index >= 15 is 0 Å². The summed E-state index contributed by atoms with van der Waals surface area (Å²) in [5.41, 5.74) is 1.18. The van der Waals surface area contributed by atoms with Crippen LogP contribution in [-0.4, -0.2) is 95.0 Å². The Hall–Kier alpha value is -4.57. The third-order valence-electron chi connectivity index (χ3n) is 8.97. The lowest BCUT2D eigenvalue weighted by molar-refractivity contribution is 0.0621. The van der Waals surface area contributed by atoms with Gasteiger partial charge in [-0.3, -0.25) is 0 Å². The molecule has 0 bridgehead atoms. The minimum atomic E-state index is -4.22. The van der Waals surface area contributed by atoms with E-state index in [4.69, 9.17) is 28.4 Å². The molecule has 0 radical (unpaired) electrons. The van der Waals surface area contributed by atoms with Crippen LogP contribution in [0.15, 0.2) is 77.7 Å². The van der Waals surface area contributed by atoms with E-state index in [1.807, 2.05) is 68.4 Å². The number of fused-ring (bicyclic) bond motifs is 1. The number of rotatable bonds is 18. The molecule has 15 heteroatoms. The number of ether oxygens (including phenoxy) is 6. The van der Waals surface area contributed by atoms with Crippen molar-refractivity contribution in [1.29, 1.82) is 0 Å². The maximum absolute atomic E-state index is 14.3. The Morgan fingerprint density at radius 3 is 2.47 bits per heavy atom. The van der Waals surface area contributed by atoms with Crippen LogP contribution in [0.25, 0.3) is 0 Å². The molecular formula is C38H49N3O11S. The van der Waals surface area contributed by atoms with Crippen LogP contribution in [-0.2, 0) is 37.3 Å². The van der Waals surface area contributed by atoms with Crippen molar-refractivity contribution in [3.63, 3.8) is 0 Å². The number of nitrogens with zero attached hydrogens (tertiary/aromatic N) is 1. The molecule has 0 unspecified atom stereocenters. The van der Waals surface area contributed by atoms with Crippen molar-refractivity contribution >= 4 is 22.2 Å². The van der Waals surface area contributed by atoms with Crippen molar-refractivity contribution in [2.45, 2.75) is 69.3 Å². The number of carbonyl (C=O) groups excluding carboxylic acids is 2. The lowest BCUT2D eigenvalue weighted by atomic mass is 9.87. The number of sulfonamides is 1. The van der Waals surface area contributed by atoms with Crippen molar-refractivity contribution in [3.8, 4) is 17.2 Å². The molecule has 2 aliphatic rings. The Labute approximate surface area is 310 Å². The second kappa shape index (κ2) is 18.5. The molecule has 53 heavy (non-hydrogen) atoms. The highest BCUT2D eigenvalue weighted by Gasteiger charge is 2.36. The maximum Gasteiger partial charge on any atom is 0.407 e. The van der Waals surface area contributed by atoms with Gasteiger partial charge >= 0.3 is 12.2 Å². The standard InChI is InChI=1S/C38H49N3O11S/c1-38(2,17-7-18-48-36(43)39-3)25-41(53(45,46)31-14-15-34-35(21-31)51-26-50-34)22-33(42)32(40-37(44)52-30-16-19-47-24-30)20-27-10-12-29(13-11-27)49-23-28-8-5-4-6-9-28/h4-6,8-15,21,30,32-33,42H,7,16-20,22-26H2,1-3H3,(H,39,43)(H,40,44)/t30-,32-,33+/m0/s1. The van der Waals surface area contributed by atoms with Gasteiger partial charge in [0.15, 0.2) is 11.5 Å². The van der Waals surface area contributed by atoms with Crippen molar-refractivity contribution in [2.24, 2.45) is 5.41 Å². The molecule has 5 rings (SSSR count). The number of hydrogen-bond acceptors (Lipinski definition) is 11. The van der Waals surface area contributed by atoms with Crippen LogP contribution in [0, 0.1) is 5.41 Å². The van der Waals surface area contributed by atoms with Crippen LogP contribution < -0.4 is 24.8 Å². The van der Waals surface area contributed by atoms with E-state index in [9.17, 15) is 23.1 Å². The summed E-state index contributed by atoms with van der Waals surface area (Å²) in [6.45, 7) is 4.72. The highest BCUT2D eigenvalue weighted by atomic mass is 32.2. The van der Waals surface area contributed by atoms with Gasteiger partial charge in [0.05, 0.1) is 36.9 Å². The fraction of sp³-hybridized carbons (Fsp3) is 0.474. The van der Waals surface area contributed by atoms with Crippen LogP contribution >= 0.6 is 0 Å². The zero-order valence-corrected chi connectivity index (χ0v) is 31.1. The Kier molecular flexibility index (Phi) is 13.8. The van der Waals surface area contributed by atoms with Gasteiger partial charge in [-0.1, -0.05) is 56.3 Å². The minimum Gasteiger partial charge on any atom is -0.489 e. The van der Waals surface area contributed by atoms with E-state index in [0.717, 1.165) is 11.1 Å². The largest absolute Gasteiger partial charge is 0.489 e. The summed E-state index contributed by atoms with van der Waals surface area (Å²) in [6.07, 6.45) is -1.39. The highest BCUT2D eigenvalue weighted by molar-refractivity contribution is 7.89. The molecular weight excluding hydrogens is 706 g/mol. The SMILES string of the molecule is CNC(=O)OCCCC(C)(C)CN(C[C@@H](O)[C@H](Cc1ccc(OCc2ccccc2)cc1)NC(=O)O[C@H]1CCOC1)S(=O)(=O)c1ccc2c(c1)OCO2. The van der Waals surface area contributed by atoms with E-state index < -0.39 is 45.9 Å². The van der Waals surface area contributed by atoms with Crippen molar-refractivity contribution in [2.75, 3.05) is 46.8 Å². The number of carbonyl (C=O) groups is 2. The van der Waals surface area contributed by atoms with E-state index in [-0.39, 0.29) is 44.4 Å². The average Bonchev–Trinajstić information content (AvgIpc) is 3.85. The first-order valence-corrected chi connectivity index (χ1v) is 19.1. The normalized spacial score (nSPS) is 16.5. The third-order valence-corrected chi connectivity index (χ3v) is 10.8. The molecule has 0 aliphatic carbocycles. The van der Waals surface area contributed by atoms with Gasteiger partial charge in [-0.15, -0.1) is 0 Å². The number of benzene rings is 3. The van der Waals surface area contributed by atoms with Gasteiger partial charge in [0.2, 0.25) is 16.8 Å². The molecule has 3 aromatic rings. The monoisotopic (exact) mass is 755 g/mol. The zero-order valence-electron chi connectivity index (χ0n) is 30.3. The topological polar surface area (TPSA) is 171 Å².